The SMILES string of the molecule is CC(C)CN(C)C(=O)c1cc(S(N)(=O)=O)c(Cl)cc1F. The highest BCUT2D eigenvalue weighted by Crippen LogP contribution is 2.25. The zero-order valence-electron chi connectivity index (χ0n) is 11.4. The highest BCUT2D eigenvalue weighted by Gasteiger charge is 2.22. The number of nitrogens with two attached hydrogens (primary N) is 1. The van der Waals surface area contributed by atoms with Crippen molar-refractivity contribution in [3.05, 3.63) is 28.5 Å². The molecule has 1 amide bonds. The molecule has 0 radical (unpaired) electrons. The summed E-state index contributed by atoms with van der Waals surface area (Å²) < 4.78 is 36.5. The van der Waals surface area contributed by atoms with Crippen molar-refractivity contribution in [3.8, 4) is 0 Å². The molecule has 0 spiro atoms. The Morgan fingerprint density at radius 3 is 2.45 bits per heavy atom. The molecule has 0 unspecified atom stereocenters. The number of rotatable bonds is 4. The minimum absolute atomic E-state index is 0.192. The fourth-order valence-corrected chi connectivity index (χ4v) is 2.83. The number of hydrogen-bond donors (Lipinski definition) is 1. The van der Waals surface area contributed by atoms with E-state index in [0.717, 1.165) is 12.1 Å². The molecule has 0 saturated heterocycles. The quantitative estimate of drug-likeness (QED) is 0.918. The average molecular weight is 323 g/mol. The Morgan fingerprint density at radius 1 is 1.45 bits per heavy atom. The van der Waals surface area contributed by atoms with Crippen molar-refractivity contribution in [2.45, 2.75) is 18.7 Å². The minimum Gasteiger partial charge on any atom is -0.341 e. The lowest BCUT2D eigenvalue weighted by atomic mass is 10.1. The number of carbonyl (C=O) groups is 1. The van der Waals surface area contributed by atoms with Crippen molar-refractivity contribution < 1.29 is 17.6 Å². The Morgan fingerprint density at radius 2 is 2.00 bits per heavy atom. The predicted molar refractivity (Wildman–Crippen MR) is 74.6 cm³/mol. The van der Waals surface area contributed by atoms with Crippen LogP contribution < -0.4 is 5.14 Å². The van der Waals surface area contributed by atoms with Crippen LogP contribution in [0.1, 0.15) is 24.2 Å². The van der Waals surface area contributed by atoms with Crippen LogP contribution in [0.4, 0.5) is 4.39 Å². The van der Waals surface area contributed by atoms with Gasteiger partial charge in [-0.2, -0.15) is 0 Å². The second-order valence-electron chi connectivity index (χ2n) is 4.89. The van der Waals surface area contributed by atoms with E-state index in [-0.39, 0.29) is 16.5 Å². The van der Waals surface area contributed by atoms with Crippen LogP contribution in [-0.2, 0) is 10.0 Å². The average Bonchev–Trinajstić information content (AvgIpc) is 2.25. The molecule has 5 nitrogen and oxygen atoms in total. The second kappa shape index (κ2) is 6.07. The van der Waals surface area contributed by atoms with Crippen LogP contribution in [0.5, 0.6) is 0 Å². The number of benzene rings is 1. The van der Waals surface area contributed by atoms with E-state index in [0.29, 0.717) is 6.54 Å². The monoisotopic (exact) mass is 322 g/mol. The molecule has 8 heteroatoms. The normalized spacial score (nSPS) is 11.8. The maximum atomic E-state index is 13.8. The van der Waals surface area contributed by atoms with E-state index in [9.17, 15) is 17.6 Å². The summed E-state index contributed by atoms with van der Waals surface area (Å²) in [7, 11) is -2.62. The van der Waals surface area contributed by atoms with Gasteiger partial charge in [0.05, 0.1) is 10.6 Å². The van der Waals surface area contributed by atoms with Crippen molar-refractivity contribution in [2.24, 2.45) is 11.1 Å². The highest BCUT2D eigenvalue weighted by molar-refractivity contribution is 7.89. The number of nitrogens with zero attached hydrogens (tertiary/aromatic N) is 1. The molecule has 20 heavy (non-hydrogen) atoms. The smallest absolute Gasteiger partial charge is 0.256 e. The van der Waals surface area contributed by atoms with Gasteiger partial charge in [-0.15, -0.1) is 0 Å². The van der Waals surface area contributed by atoms with Gasteiger partial charge in [0, 0.05) is 13.6 Å². The van der Waals surface area contributed by atoms with Crippen LogP contribution in [0.25, 0.3) is 0 Å². The van der Waals surface area contributed by atoms with Crippen molar-refractivity contribution in [3.63, 3.8) is 0 Å². The third-order valence-electron chi connectivity index (χ3n) is 2.54. The van der Waals surface area contributed by atoms with Crippen molar-refractivity contribution >= 4 is 27.5 Å². The summed E-state index contributed by atoms with van der Waals surface area (Å²) in [6.45, 7) is 4.21. The molecule has 0 aliphatic carbocycles. The van der Waals surface area contributed by atoms with Gasteiger partial charge in [-0.05, 0) is 18.1 Å². The number of carbonyl (C=O) groups excluding carboxylic acids is 1. The van der Waals surface area contributed by atoms with E-state index in [1.165, 1.54) is 11.9 Å². The first kappa shape index (κ1) is 16.9. The molecule has 0 aromatic heterocycles. The Hall–Kier alpha value is -1.18. The molecular formula is C12H16ClFN2O3S. The summed E-state index contributed by atoms with van der Waals surface area (Å²) in [5, 5.41) is 4.62. The van der Waals surface area contributed by atoms with E-state index in [4.69, 9.17) is 16.7 Å². The van der Waals surface area contributed by atoms with Crippen LogP contribution >= 0.6 is 11.6 Å². The van der Waals surface area contributed by atoms with Crippen LogP contribution in [0.3, 0.4) is 0 Å². The molecule has 1 rings (SSSR count). The maximum absolute atomic E-state index is 13.8. The topological polar surface area (TPSA) is 80.5 Å². The first-order valence-electron chi connectivity index (χ1n) is 5.81. The largest absolute Gasteiger partial charge is 0.341 e. The third-order valence-corrected chi connectivity index (χ3v) is 3.92. The van der Waals surface area contributed by atoms with E-state index >= 15 is 0 Å². The predicted octanol–water partition coefficient (Wildman–Crippen LogP) is 1.85. The summed E-state index contributed by atoms with van der Waals surface area (Å²) in [5.74, 6) is -1.32. The van der Waals surface area contributed by atoms with Gasteiger partial charge < -0.3 is 4.90 Å². The number of amides is 1. The van der Waals surface area contributed by atoms with Gasteiger partial charge in [0.1, 0.15) is 10.7 Å². The Labute approximate surface area is 122 Å². The summed E-state index contributed by atoms with van der Waals surface area (Å²) in [6, 6.07) is 1.64. The summed E-state index contributed by atoms with van der Waals surface area (Å²) in [4.78, 5) is 12.9. The molecule has 2 N–H and O–H groups in total. The van der Waals surface area contributed by atoms with Gasteiger partial charge in [0.2, 0.25) is 10.0 Å². The number of hydrogen-bond acceptors (Lipinski definition) is 3. The molecule has 0 heterocycles. The van der Waals surface area contributed by atoms with E-state index in [1.807, 2.05) is 13.8 Å². The lowest BCUT2D eigenvalue weighted by Crippen LogP contribution is -2.31. The fraction of sp³-hybridized carbons (Fsp3) is 0.417. The molecule has 112 valence electrons. The molecule has 1 aromatic carbocycles. The number of halogens is 2. The van der Waals surface area contributed by atoms with Gasteiger partial charge >= 0.3 is 0 Å². The van der Waals surface area contributed by atoms with Gasteiger partial charge in [-0.1, -0.05) is 25.4 Å². The molecule has 0 saturated carbocycles. The minimum atomic E-state index is -4.12. The molecule has 1 aromatic rings. The molecular weight excluding hydrogens is 307 g/mol. The van der Waals surface area contributed by atoms with Crippen LogP contribution in [0, 0.1) is 11.7 Å². The number of sulfonamides is 1. The fourth-order valence-electron chi connectivity index (χ4n) is 1.75. The Balaban J connectivity index is 3.29. The lowest BCUT2D eigenvalue weighted by Gasteiger charge is -2.20. The van der Waals surface area contributed by atoms with E-state index in [1.54, 1.807) is 0 Å². The lowest BCUT2D eigenvalue weighted by molar-refractivity contribution is 0.0774. The highest BCUT2D eigenvalue weighted by atomic mass is 35.5. The second-order valence-corrected chi connectivity index (χ2v) is 6.82. The Kier molecular flexibility index (Phi) is 5.12. The maximum Gasteiger partial charge on any atom is 0.256 e. The van der Waals surface area contributed by atoms with Crippen LogP contribution in [0.2, 0.25) is 5.02 Å². The van der Waals surface area contributed by atoms with Crippen LogP contribution in [0.15, 0.2) is 17.0 Å². The summed E-state index contributed by atoms with van der Waals surface area (Å²) in [6.07, 6.45) is 0. The van der Waals surface area contributed by atoms with Gasteiger partial charge in [-0.25, -0.2) is 17.9 Å². The standard InChI is InChI=1S/C12H16ClFN2O3S/c1-7(2)6-16(3)12(17)8-4-11(20(15,18)19)9(13)5-10(8)14/h4-5,7H,6H2,1-3H3,(H2,15,18,19). The first-order valence-corrected chi connectivity index (χ1v) is 7.73. The molecule has 0 bridgehead atoms. The molecule has 0 aliphatic heterocycles. The van der Waals surface area contributed by atoms with Crippen molar-refractivity contribution in [1.29, 1.82) is 0 Å². The van der Waals surface area contributed by atoms with Gasteiger partial charge in [-0.3, -0.25) is 4.79 Å². The Bertz CT molecular complexity index is 632. The molecule has 0 atom stereocenters. The van der Waals surface area contributed by atoms with Crippen molar-refractivity contribution in [1.82, 2.24) is 4.90 Å². The van der Waals surface area contributed by atoms with Crippen LogP contribution in [-0.4, -0.2) is 32.8 Å². The summed E-state index contributed by atoms with van der Waals surface area (Å²) in [5.41, 5.74) is -0.374. The van der Waals surface area contributed by atoms with Crippen molar-refractivity contribution in [2.75, 3.05) is 13.6 Å². The first-order chi connectivity index (χ1) is 9.04. The van der Waals surface area contributed by atoms with Gasteiger partial charge in [0.25, 0.3) is 5.91 Å². The zero-order chi connectivity index (χ0) is 15.7. The third kappa shape index (κ3) is 3.91. The van der Waals surface area contributed by atoms with E-state index < -0.39 is 26.6 Å². The zero-order valence-corrected chi connectivity index (χ0v) is 12.9. The van der Waals surface area contributed by atoms with Gasteiger partial charge in [0.15, 0.2) is 0 Å². The number of primary sulfonamides is 1. The summed E-state index contributed by atoms with van der Waals surface area (Å²) >= 11 is 5.63. The van der Waals surface area contributed by atoms with E-state index in [2.05, 4.69) is 0 Å². The molecule has 0 aliphatic rings. The molecule has 0 fully saturated rings.